The van der Waals surface area contributed by atoms with Crippen LogP contribution in [0.1, 0.15) is 36.2 Å². The Hall–Kier alpha value is -2.57. The zero-order chi connectivity index (χ0) is 18.1. The van der Waals surface area contributed by atoms with E-state index in [0.717, 1.165) is 36.7 Å². The van der Waals surface area contributed by atoms with E-state index in [0.29, 0.717) is 24.9 Å². The van der Waals surface area contributed by atoms with E-state index in [-0.39, 0.29) is 0 Å². The van der Waals surface area contributed by atoms with Gasteiger partial charge in [0.05, 0.1) is 6.61 Å². The summed E-state index contributed by atoms with van der Waals surface area (Å²) in [7, 11) is 1.76. The Kier molecular flexibility index (Phi) is 7.25. The first-order valence-corrected chi connectivity index (χ1v) is 8.58. The Labute approximate surface area is 148 Å². The molecule has 2 N–H and O–H groups in total. The first-order valence-electron chi connectivity index (χ1n) is 8.58. The molecule has 0 aliphatic rings. The molecule has 0 saturated heterocycles. The molecule has 0 spiro atoms. The number of rotatable bonds is 8. The van der Waals surface area contributed by atoms with E-state index in [1.54, 1.807) is 7.05 Å². The average Bonchev–Trinajstić information content (AvgIpc) is 3.01. The average molecular weight is 345 g/mol. The number of hydrogen-bond acceptors (Lipinski definition) is 5. The molecule has 7 heteroatoms. The van der Waals surface area contributed by atoms with Crippen LogP contribution in [0.2, 0.25) is 0 Å². The monoisotopic (exact) mass is 345 g/mol. The molecule has 0 aliphatic heterocycles. The van der Waals surface area contributed by atoms with Crippen molar-refractivity contribution in [3.63, 3.8) is 0 Å². The van der Waals surface area contributed by atoms with E-state index in [1.807, 2.05) is 13.8 Å². The second kappa shape index (κ2) is 9.66. The number of aromatic nitrogens is 2. The van der Waals surface area contributed by atoms with Crippen molar-refractivity contribution in [3.8, 4) is 5.75 Å². The Morgan fingerprint density at radius 3 is 2.80 bits per heavy atom. The summed E-state index contributed by atoms with van der Waals surface area (Å²) in [5, 5.41) is 10.4. The van der Waals surface area contributed by atoms with Gasteiger partial charge in [-0.15, -0.1) is 0 Å². The number of hydrogen-bond donors (Lipinski definition) is 2. The van der Waals surface area contributed by atoms with E-state index >= 15 is 0 Å². The van der Waals surface area contributed by atoms with Crippen molar-refractivity contribution in [2.75, 3.05) is 20.2 Å². The summed E-state index contributed by atoms with van der Waals surface area (Å²) in [6.45, 7) is 7.94. The molecule has 0 amide bonds. The molecule has 0 radical (unpaired) electrons. The molecule has 25 heavy (non-hydrogen) atoms. The van der Waals surface area contributed by atoms with Crippen LogP contribution in [0, 0.1) is 13.8 Å². The van der Waals surface area contributed by atoms with Gasteiger partial charge in [0.2, 0.25) is 5.89 Å². The van der Waals surface area contributed by atoms with Crippen LogP contribution in [0.4, 0.5) is 0 Å². The molecule has 136 valence electrons. The van der Waals surface area contributed by atoms with Gasteiger partial charge < -0.3 is 19.9 Å². The number of nitrogens with zero attached hydrogens (tertiary/aromatic N) is 3. The fourth-order valence-electron chi connectivity index (χ4n) is 2.39. The summed E-state index contributed by atoms with van der Waals surface area (Å²) in [6, 6.07) is 6.23. The lowest BCUT2D eigenvalue weighted by Crippen LogP contribution is -2.37. The lowest BCUT2D eigenvalue weighted by molar-refractivity contribution is 0.336. The van der Waals surface area contributed by atoms with Crippen LogP contribution < -0.4 is 15.4 Å². The third-order valence-corrected chi connectivity index (χ3v) is 3.62. The SMILES string of the molecule is CCOc1cc(C)ccc1CNC(=NC)NCCCc1nc(C)no1. The summed E-state index contributed by atoms with van der Waals surface area (Å²) in [6.07, 6.45) is 1.63. The molecule has 2 rings (SSSR count). The van der Waals surface area contributed by atoms with Crippen LogP contribution in [-0.2, 0) is 13.0 Å². The summed E-state index contributed by atoms with van der Waals surface area (Å²) < 4.78 is 10.8. The number of nitrogens with one attached hydrogen (secondary N) is 2. The van der Waals surface area contributed by atoms with Crippen molar-refractivity contribution < 1.29 is 9.26 Å². The van der Waals surface area contributed by atoms with Gasteiger partial charge in [0.25, 0.3) is 0 Å². The maximum atomic E-state index is 5.71. The Balaban J connectivity index is 1.78. The lowest BCUT2D eigenvalue weighted by atomic mass is 10.1. The molecule has 7 nitrogen and oxygen atoms in total. The van der Waals surface area contributed by atoms with Crippen molar-refractivity contribution in [2.24, 2.45) is 4.99 Å². The molecule has 1 heterocycles. The second-order valence-corrected chi connectivity index (χ2v) is 5.74. The van der Waals surface area contributed by atoms with Gasteiger partial charge >= 0.3 is 0 Å². The predicted octanol–water partition coefficient (Wildman–Crippen LogP) is 2.38. The van der Waals surface area contributed by atoms with Gasteiger partial charge in [0, 0.05) is 32.1 Å². The zero-order valence-corrected chi connectivity index (χ0v) is 15.4. The maximum Gasteiger partial charge on any atom is 0.226 e. The smallest absolute Gasteiger partial charge is 0.226 e. The number of benzene rings is 1. The number of aliphatic imine (C=N–C) groups is 1. The first kappa shape index (κ1) is 18.8. The Bertz CT molecular complexity index is 697. The minimum absolute atomic E-state index is 0.651. The normalized spacial score (nSPS) is 11.4. The highest BCUT2D eigenvalue weighted by atomic mass is 16.5. The van der Waals surface area contributed by atoms with Crippen molar-refractivity contribution in [1.29, 1.82) is 0 Å². The Morgan fingerprint density at radius 2 is 2.12 bits per heavy atom. The fraction of sp³-hybridized carbons (Fsp3) is 0.500. The van der Waals surface area contributed by atoms with E-state index in [4.69, 9.17) is 9.26 Å². The highest BCUT2D eigenvalue weighted by molar-refractivity contribution is 5.79. The predicted molar refractivity (Wildman–Crippen MR) is 97.9 cm³/mol. The van der Waals surface area contributed by atoms with E-state index < -0.39 is 0 Å². The molecule has 1 aromatic heterocycles. The lowest BCUT2D eigenvalue weighted by Gasteiger charge is -2.14. The van der Waals surface area contributed by atoms with E-state index in [1.165, 1.54) is 5.56 Å². The summed E-state index contributed by atoms with van der Waals surface area (Å²) >= 11 is 0. The summed E-state index contributed by atoms with van der Waals surface area (Å²) in [4.78, 5) is 8.44. The van der Waals surface area contributed by atoms with Crippen LogP contribution in [0.3, 0.4) is 0 Å². The number of ether oxygens (including phenoxy) is 1. The topological polar surface area (TPSA) is 84.6 Å². The van der Waals surface area contributed by atoms with Crippen molar-refractivity contribution >= 4 is 5.96 Å². The van der Waals surface area contributed by atoms with Crippen molar-refractivity contribution in [3.05, 3.63) is 41.0 Å². The molecule has 0 aliphatic carbocycles. The molecular weight excluding hydrogens is 318 g/mol. The van der Waals surface area contributed by atoms with Crippen LogP contribution in [0.5, 0.6) is 5.75 Å². The van der Waals surface area contributed by atoms with Gasteiger partial charge in [-0.25, -0.2) is 0 Å². The minimum Gasteiger partial charge on any atom is -0.494 e. The van der Waals surface area contributed by atoms with Gasteiger partial charge in [-0.05, 0) is 38.8 Å². The quantitative estimate of drug-likeness (QED) is 0.434. The third-order valence-electron chi connectivity index (χ3n) is 3.62. The largest absolute Gasteiger partial charge is 0.494 e. The fourth-order valence-corrected chi connectivity index (χ4v) is 2.39. The van der Waals surface area contributed by atoms with Gasteiger partial charge in [-0.1, -0.05) is 17.3 Å². The van der Waals surface area contributed by atoms with Crippen LogP contribution in [0.25, 0.3) is 0 Å². The molecule has 0 fully saturated rings. The highest BCUT2D eigenvalue weighted by Gasteiger charge is 2.06. The van der Waals surface area contributed by atoms with Gasteiger partial charge in [-0.3, -0.25) is 4.99 Å². The maximum absolute atomic E-state index is 5.71. The first-order chi connectivity index (χ1) is 12.1. The molecule has 1 aromatic carbocycles. The molecule has 2 aromatic rings. The molecule has 0 unspecified atom stereocenters. The standard InChI is InChI=1S/C18H27N5O2/c1-5-24-16-11-13(2)8-9-15(16)12-21-18(19-4)20-10-6-7-17-22-14(3)23-25-17/h8-9,11H,5-7,10,12H2,1-4H3,(H2,19,20,21). The highest BCUT2D eigenvalue weighted by Crippen LogP contribution is 2.20. The van der Waals surface area contributed by atoms with Gasteiger partial charge in [-0.2, -0.15) is 4.98 Å². The summed E-state index contributed by atoms with van der Waals surface area (Å²) in [5.41, 5.74) is 2.29. The van der Waals surface area contributed by atoms with Crippen molar-refractivity contribution in [1.82, 2.24) is 20.8 Å². The molecule has 0 bridgehead atoms. The number of guanidine groups is 1. The van der Waals surface area contributed by atoms with Crippen molar-refractivity contribution in [2.45, 2.75) is 40.2 Å². The van der Waals surface area contributed by atoms with E-state index in [9.17, 15) is 0 Å². The van der Waals surface area contributed by atoms with Gasteiger partial charge in [0.1, 0.15) is 5.75 Å². The van der Waals surface area contributed by atoms with Gasteiger partial charge in [0.15, 0.2) is 11.8 Å². The summed E-state index contributed by atoms with van der Waals surface area (Å²) in [5.74, 6) is 3.01. The minimum atomic E-state index is 0.651. The molecular formula is C18H27N5O2. The van der Waals surface area contributed by atoms with Crippen LogP contribution in [0.15, 0.2) is 27.7 Å². The Morgan fingerprint density at radius 1 is 1.28 bits per heavy atom. The van der Waals surface area contributed by atoms with Crippen LogP contribution in [-0.4, -0.2) is 36.3 Å². The molecule has 0 atom stereocenters. The third kappa shape index (κ3) is 6.10. The van der Waals surface area contributed by atoms with Crippen LogP contribution >= 0.6 is 0 Å². The zero-order valence-electron chi connectivity index (χ0n) is 15.4. The molecule has 0 saturated carbocycles. The second-order valence-electron chi connectivity index (χ2n) is 5.74. The number of aryl methyl sites for hydroxylation is 3. The van der Waals surface area contributed by atoms with E-state index in [2.05, 4.69) is 50.9 Å².